The summed E-state index contributed by atoms with van der Waals surface area (Å²) in [6, 6.07) is 13.9. The van der Waals surface area contributed by atoms with Crippen molar-refractivity contribution in [1.29, 1.82) is 0 Å². The van der Waals surface area contributed by atoms with Gasteiger partial charge in [0.2, 0.25) is 0 Å². The molecule has 2 aromatic rings. The van der Waals surface area contributed by atoms with E-state index in [1.54, 1.807) is 4.90 Å². The summed E-state index contributed by atoms with van der Waals surface area (Å²) < 4.78 is 0. The Balaban J connectivity index is 1.37. The highest BCUT2D eigenvalue weighted by molar-refractivity contribution is 6.31. The molecule has 2 aromatic carbocycles. The van der Waals surface area contributed by atoms with Gasteiger partial charge in [0, 0.05) is 44.3 Å². The lowest BCUT2D eigenvalue weighted by molar-refractivity contribution is 0.174. The summed E-state index contributed by atoms with van der Waals surface area (Å²) in [5.74, 6) is 0. The molecule has 1 fully saturated rings. The van der Waals surface area contributed by atoms with Crippen molar-refractivity contribution in [1.82, 2.24) is 15.1 Å². The molecule has 1 atom stereocenters. The molecule has 2 amide bonds. The molecular formula is C21H24ClN3O2. The van der Waals surface area contributed by atoms with Crippen LogP contribution in [0.3, 0.4) is 0 Å². The number of hydrogen-bond acceptors (Lipinski definition) is 3. The molecule has 0 aliphatic carbocycles. The van der Waals surface area contributed by atoms with E-state index in [1.165, 1.54) is 5.56 Å². The number of rotatable bonds is 4. The maximum Gasteiger partial charge on any atom is 0.318 e. The van der Waals surface area contributed by atoms with Gasteiger partial charge in [-0.1, -0.05) is 48.0 Å². The van der Waals surface area contributed by atoms with E-state index < -0.39 is 0 Å². The Labute approximate surface area is 164 Å². The molecule has 6 heteroatoms. The van der Waals surface area contributed by atoms with Crippen molar-refractivity contribution < 1.29 is 9.90 Å². The quantitative estimate of drug-likeness (QED) is 0.850. The third kappa shape index (κ3) is 4.10. The SMILES string of the molecule is O=C(NCc1ccccc1CN1CCC(O)C1)N1Cc2cccc(Cl)c2C1. The van der Waals surface area contributed by atoms with E-state index >= 15 is 0 Å². The number of hydrogen-bond donors (Lipinski definition) is 2. The Bertz CT molecular complexity index is 842. The van der Waals surface area contributed by atoms with Gasteiger partial charge in [0.1, 0.15) is 0 Å². The van der Waals surface area contributed by atoms with Crippen LogP contribution in [-0.4, -0.2) is 40.1 Å². The average molecular weight is 386 g/mol. The molecule has 0 saturated carbocycles. The molecule has 27 heavy (non-hydrogen) atoms. The van der Waals surface area contributed by atoms with Crippen LogP contribution in [0.25, 0.3) is 0 Å². The van der Waals surface area contributed by atoms with E-state index in [-0.39, 0.29) is 12.1 Å². The third-order valence-electron chi connectivity index (χ3n) is 5.40. The minimum Gasteiger partial charge on any atom is -0.392 e. The summed E-state index contributed by atoms with van der Waals surface area (Å²) in [5, 5.41) is 13.5. The number of carbonyl (C=O) groups excluding carboxylic acids is 1. The summed E-state index contributed by atoms with van der Waals surface area (Å²) in [7, 11) is 0. The highest BCUT2D eigenvalue weighted by Crippen LogP contribution is 2.29. The maximum absolute atomic E-state index is 12.6. The van der Waals surface area contributed by atoms with Crippen LogP contribution in [0.5, 0.6) is 0 Å². The van der Waals surface area contributed by atoms with E-state index in [1.807, 2.05) is 30.3 Å². The molecule has 1 unspecified atom stereocenters. The van der Waals surface area contributed by atoms with Crippen LogP contribution >= 0.6 is 11.6 Å². The monoisotopic (exact) mass is 385 g/mol. The van der Waals surface area contributed by atoms with Gasteiger partial charge >= 0.3 is 6.03 Å². The van der Waals surface area contributed by atoms with Crippen LogP contribution in [-0.2, 0) is 26.2 Å². The predicted molar refractivity (Wildman–Crippen MR) is 105 cm³/mol. The first-order valence-electron chi connectivity index (χ1n) is 9.36. The van der Waals surface area contributed by atoms with Gasteiger partial charge in [-0.05, 0) is 34.7 Å². The first-order chi connectivity index (χ1) is 13.1. The van der Waals surface area contributed by atoms with Gasteiger partial charge in [-0.25, -0.2) is 4.79 Å². The Morgan fingerprint density at radius 2 is 1.96 bits per heavy atom. The molecule has 2 N–H and O–H groups in total. The van der Waals surface area contributed by atoms with Crippen LogP contribution < -0.4 is 5.32 Å². The molecule has 4 rings (SSSR count). The second-order valence-corrected chi connectivity index (χ2v) is 7.75. The minimum atomic E-state index is -0.222. The van der Waals surface area contributed by atoms with Crippen molar-refractivity contribution >= 4 is 17.6 Å². The Hall–Kier alpha value is -2.08. The van der Waals surface area contributed by atoms with E-state index in [0.717, 1.165) is 41.2 Å². The standard InChI is InChI=1S/C21H24ClN3O2/c22-20-7-3-6-17-12-25(14-19(17)20)21(27)23-10-15-4-1-2-5-16(15)11-24-9-8-18(26)13-24/h1-7,18,26H,8-14H2,(H,23,27). The summed E-state index contributed by atoms with van der Waals surface area (Å²) in [5.41, 5.74) is 4.47. The van der Waals surface area contributed by atoms with Crippen LogP contribution in [0, 0.1) is 0 Å². The number of carbonyl (C=O) groups is 1. The van der Waals surface area contributed by atoms with Gasteiger partial charge in [-0.2, -0.15) is 0 Å². The first kappa shape index (κ1) is 18.3. The molecule has 0 spiro atoms. The number of halogens is 1. The number of nitrogens with zero attached hydrogens (tertiary/aromatic N) is 2. The lowest BCUT2D eigenvalue weighted by Crippen LogP contribution is -2.36. The largest absolute Gasteiger partial charge is 0.392 e. The topological polar surface area (TPSA) is 55.8 Å². The fourth-order valence-corrected chi connectivity index (χ4v) is 4.14. The molecule has 0 aromatic heterocycles. The van der Waals surface area contributed by atoms with E-state index in [9.17, 15) is 9.90 Å². The molecule has 1 saturated heterocycles. The predicted octanol–water partition coefficient (Wildman–Crippen LogP) is 3.13. The minimum absolute atomic E-state index is 0.0753. The number of amides is 2. The number of aliphatic hydroxyl groups excluding tert-OH is 1. The fraction of sp³-hybridized carbons (Fsp3) is 0.381. The zero-order valence-electron chi connectivity index (χ0n) is 15.2. The van der Waals surface area contributed by atoms with Gasteiger partial charge < -0.3 is 15.3 Å². The van der Waals surface area contributed by atoms with E-state index in [4.69, 9.17) is 11.6 Å². The van der Waals surface area contributed by atoms with Crippen molar-refractivity contribution in [3.63, 3.8) is 0 Å². The number of β-amino-alcohol motifs (C(OH)–C–C–N with tert-alkyl or cyclic N) is 1. The van der Waals surface area contributed by atoms with Crippen molar-refractivity contribution in [2.45, 2.75) is 38.7 Å². The summed E-state index contributed by atoms with van der Waals surface area (Å²) in [4.78, 5) is 16.7. The van der Waals surface area contributed by atoms with E-state index in [2.05, 4.69) is 22.3 Å². The van der Waals surface area contributed by atoms with Gasteiger partial charge in [-0.15, -0.1) is 0 Å². The lowest BCUT2D eigenvalue weighted by Gasteiger charge is -2.20. The molecular weight excluding hydrogens is 362 g/mol. The average Bonchev–Trinajstić information content (AvgIpc) is 3.28. The van der Waals surface area contributed by atoms with E-state index in [0.29, 0.717) is 26.2 Å². The van der Waals surface area contributed by atoms with Gasteiger partial charge in [0.25, 0.3) is 0 Å². The summed E-state index contributed by atoms with van der Waals surface area (Å²) in [6.07, 6.45) is 0.609. The normalized spacial score (nSPS) is 19.3. The molecule has 2 heterocycles. The van der Waals surface area contributed by atoms with Gasteiger partial charge in [0.15, 0.2) is 0 Å². The van der Waals surface area contributed by atoms with Crippen molar-refractivity contribution in [2.24, 2.45) is 0 Å². The number of urea groups is 1. The maximum atomic E-state index is 12.6. The van der Waals surface area contributed by atoms with Crippen LogP contribution in [0.4, 0.5) is 4.79 Å². The highest BCUT2D eigenvalue weighted by atomic mass is 35.5. The lowest BCUT2D eigenvalue weighted by atomic mass is 10.1. The molecule has 5 nitrogen and oxygen atoms in total. The van der Waals surface area contributed by atoms with Crippen LogP contribution in [0.1, 0.15) is 28.7 Å². The second kappa shape index (κ2) is 7.89. The van der Waals surface area contributed by atoms with Crippen LogP contribution in [0.2, 0.25) is 5.02 Å². The zero-order valence-corrected chi connectivity index (χ0v) is 16.0. The molecule has 2 aliphatic rings. The van der Waals surface area contributed by atoms with Crippen molar-refractivity contribution in [2.75, 3.05) is 13.1 Å². The Morgan fingerprint density at radius 3 is 2.70 bits per heavy atom. The van der Waals surface area contributed by atoms with Gasteiger partial charge in [-0.3, -0.25) is 4.90 Å². The Morgan fingerprint density at radius 1 is 1.15 bits per heavy atom. The molecule has 0 bridgehead atoms. The summed E-state index contributed by atoms with van der Waals surface area (Å²) >= 11 is 6.24. The zero-order chi connectivity index (χ0) is 18.8. The molecule has 142 valence electrons. The number of fused-ring (bicyclic) bond motifs is 1. The number of aliphatic hydroxyl groups is 1. The molecule has 0 radical (unpaired) electrons. The Kier molecular flexibility index (Phi) is 5.34. The van der Waals surface area contributed by atoms with Crippen molar-refractivity contribution in [3.8, 4) is 0 Å². The van der Waals surface area contributed by atoms with Gasteiger partial charge in [0.05, 0.1) is 6.10 Å². The fourth-order valence-electron chi connectivity index (χ4n) is 3.89. The van der Waals surface area contributed by atoms with Crippen molar-refractivity contribution in [3.05, 3.63) is 69.7 Å². The smallest absolute Gasteiger partial charge is 0.318 e. The number of nitrogens with one attached hydrogen (secondary N) is 1. The highest BCUT2D eigenvalue weighted by Gasteiger charge is 2.25. The molecule has 2 aliphatic heterocycles. The number of benzene rings is 2. The summed E-state index contributed by atoms with van der Waals surface area (Å²) in [6.45, 7) is 4.06. The van der Waals surface area contributed by atoms with Crippen LogP contribution in [0.15, 0.2) is 42.5 Å². The first-order valence-corrected chi connectivity index (χ1v) is 9.74. The second-order valence-electron chi connectivity index (χ2n) is 7.34. The third-order valence-corrected chi connectivity index (χ3v) is 5.76. The number of likely N-dealkylation sites (tertiary alicyclic amines) is 1.